The lowest BCUT2D eigenvalue weighted by Crippen LogP contribution is -2.43. The molecule has 150 valence electrons. The molecule has 0 bridgehead atoms. The molecule has 1 aliphatic rings. The van der Waals surface area contributed by atoms with E-state index in [1.165, 1.54) is 31.4 Å². The Bertz CT molecular complexity index is 616. The lowest BCUT2D eigenvalue weighted by Gasteiger charge is -2.33. The quantitative estimate of drug-likeness (QED) is 0.372. The summed E-state index contributed by atoms with van der Waals surface area (Å²) in [5.41, 5.74) is 2.04. The molecule has 6 nitrogen and oxygen atoms in total. The smallest absolute Gasteiger partial charge is 0.243 e. The molecule has 0 saturated carbocycles. The number of amides is 1. The van der Waals surface area contributed by atoms with Gasteiger partial charge in [0, 0.05) is 31.9 Å². The summed E-state index contributed by atoms with van der Waals surface area (Å²) in [7, 11) is 1.73. The van der Waals surface area contributed by atoms with Gasteiger partial charge in [0.2, 0.25) is 5.91 Å². The molecule has 1 aromatic carbocycles. The normalized spacial score (nSPS) is 18.2. The van der Waals surface area contributed by atoms with Crippen molar-refractivity contribution < 1.29 is 4.79 Å². The number of benzene rings is 1. The summed E-state index contributed by atoms with van der Waals surface area (Å²) in [5.74, 6) is 0.590. The van der Waals surface area contributed by atoms with Crippen LogP contribution in [-0.2, 0) is 11.2 Å². The summed E-state index contributed by atoms with van der Waals surface area (Å²) in [6, 6.07) is 8.64. The Hall–Kier alpha value is -2.08. The van der Waals surface area contributed by atoms with E-state index in [0.29, 0.717) is 12.0 Å². The van der Waals surface area contributed by atoms with Gasteiger partial charge < -0.3 is 20.9 Å². The molecule has 1 atom stereocenters. The van der Waals surface area contributed by atoms with Crippen molar-refractivity contribution in [1.29, 1.82) is 0 Å². The summed E-state index contributed by atoms with van der Waals surface area (Å²) in [5, 5.41) is 9.29. The van der Waals surface area contributed by atoms with Crippen LogP contribution in [0.15, 0.2) is 29.3 Å². The summed E-state index contributed by atoms with van der Waals surface area (Å²) in [6.07, 6.45) is 6.01. The van der Waals surface area contributed by atoms with Crippen LogP contribution in [0.25, 0.3) is 0 Å². The number of aryl methyl sites for hydroxylation is 1. The molecule has 3 N–H and O–H groups in total. The van der Waals surface area contributed by atoms with E-state index in [-0.39, 0.29) is 12.5 Å². The second-order valence-electron chi connectivity index (χ2n) is 7.19. The monoisotopic (exact) mass is 373 g/mol. The third-order valence-electron chi connectivity index (χ3n) is 5.11. The highest BCUT2D eigenvalue weighted by atomic mass is 16.1. The highest BCUT2D eigenvalue weighted by Crippen LogP contribution is 2.16. The molecule has 0 spiro atoms. The molecule has 1 fully saturated rings. The minimum atomic E-state index is -0.0756. The number of piperidine rings is 1. The predicted molar refractivity (Wildman–Crippen MR) is 113 cm³/mol. The van der Waals surface area contributed by atoms with Gasteiger partial charge in [-0.2, -0.15) is 0 Å². The molecular formula is C21H35N5O. The van der Waals surface area contributed by atoms with Crippen LogP contribution in [0, 0.1) is 0 Å². The molecule has 0 aromatic heterocycles. The van der Waals surface area contributed by atoms with E-state index in [0.717, 1.165) is 31.6 Å². The van der Waals surface area contributed by atoms with Gasteiger partial charge in [0.1, 0.15) is 0 Å². The van der Waals surface area contributed by atoms with Crippen LogP contribution in [0.5, 0.6) is 0 Å². The number of carbonyl (C=O) groups excluding carboxylic acids is 1. The third-order valence-corrected chi connectivity index (χ3v) is 5.11. The van der Waals surface area contributed by atoms with E-state index < -0.39 is 0 Å². The minimum absolute atomic E-state index is 0.0756. The van der Waals surface area contributed by atoms with Crippen molar-refractivity contribution in [1.82, 2.24) is 15.5 Å². The molecule has 1 amide bonds. The second kappa shape index (κ2) is 11.6. The fourth-order valence-corrected chi connectivity index (χ4v) is 3.44. The molecule has 1 unspecified atom stereocenters. The first-order valence-corrected chi connectivity index (χ1v) is 10.2. The van der Waals surface area contributed by atoms with E-state index in [1.54, 1.807) is 7.05 Å². The van der Waals surface area contributed by atoms with Crippen molar-refractivity contribution in [2.24, 2.45) is 4.99 Å². The summed E-state index contributed by atoms with van der Waals surface area (Å²) in [4.78, 5) is 18.9. The van der Waals surface area contributed by atoms with Crippen LogP contribution in [0.2, 0.25) is 0 Å². The molecule has 0 radical (unpaired) electrons. The number of carbonyl (C=O) groups is 1. The molecule has 27 heavy (non-hydrogen) atoms. The summed E-state index contributed by atoms with van der Waals surface area (Å²) >= 11 is 0. The van der Waals surface area contributed by atoms with Crippen LogP contribution in [0.3, 0.4) is 0 Å². The first-order valence-electron chi connectivity index (χ1n) is 10.2. The SMILES string of the molecule is CCc1cccc(NC(=O)CNC(=NC)NCCCN2CCCCC2C)c1. The number of hydrogen-bond donors (Lipinski definition) is 3. The molecule has 0 aliphatic carbocycles. The number of anilines is 1. The van der Waals surface area contributed by atoms with Crippen molar-refractivity contribution in [3.8, 4) is 0 Å². The number of guanidine groups is 1. The van der Waals surface area contributed by atoms with Crippen molar-refractivity contribution in [3.05, 3.63) is 29.8 Å². The number of nitrogens with zero attached hydrogens (tertiary/aromatic N) is 2. The van der Waals surface area contributed by atoms with Gasteiger partial charge in [-0.3, -0.25) is 9.79 Å². The van der Waals surface area contributed by atoms with Gasteiger partial charge in [-0.05, 0) is 56.8 Å². The van der Waals surface area contributed by atoms with Crippen molar-refractivity contribution in [2.75, 3.05) is 38.5 Å². The van der Waals surface area contributed by atoms with Gasteiger partial charge in [0.15, 0.2) is 5.96 Å². The minimum Gasteiger partial charge on any atom is -0.356 e. The Morgan fingerprint density at radius 3 is 2.89 bits per heavy atom. The van der Waals surface area contributed by atoms with E-state index >= 15 is 0 Å². The molecule has 1 saturated heterocycles. The molecular weight excluding hydrogens is 338 g/mol. The zero-order chi connectivity index (χ0) is 19.5. The van der Waals surface area contributed by atoms with Gasteiger partial charge in [-0.25, -0.2) is 0 Å². The van der Waals surface area contributed by atoms with Gasteiger partial charge in [-0.15, -0.1) is 0 Å². The predicted octanol–water partition coefficient (Wildman–Crippen LogP) is 2.62. The van der Waals surface area contributed by atoms with E-state index in [4.69, 9.17) is 0 Å². The van der Waals surface area contributed by atoms with Crippen LogP contribution in [0.1, 0.15) is 45.1 Å². The standard InChI is InChI=1S/C21H35N5O/c1-4-18-10-7-11-19(15-18)25-20(27)16-24-21(22-3)23-12-8-14-26-13-6-5-9-17(26)2/h7,10-11,15,17H,4-6,8-9,12-14,16H2,1-3H3,(H,25,27)(H2,22,23,24). The average molecular weight is 374 g/mol. The fraction of sp³-hybridized carbons (Fsp3) is 0.619. The van der Waals surface area contributed by atoms with Crippen molar-refractivity contribution >= 4 is 17.6 Å². The Morgan fingerprint density at radius 1 is 1.30 bits per heavy atom. The summed E-state index contributed by atoms with van der Waals surface area (Å²) in [6.45, 7) is 7.79. The Morgan fingerprint density at radius 2 is 2.15 bits per heavy atom. The molecule has 2 rings (SSSR count). The lowest BCUT2D eigenvalue weighted by molar-refractivity contribution is -0.115. The van der Waals surface area contributed by atoms with E-state index in [9.17, 15) is 4.79 Å². The van der Waals surface area contributed by atoms with Crippen LogP contribution in [-0.4, -0.2) is 56.0 Å². The first kappa shape index (κ1) is 21.2. The number of likely N-dealkylation sites (tertiary alicyclic amines) is 1. The second-order valence-corrected chi connectivity index (χ2v) is 7.19. The van der Waals surface area contributed by atoms with Crippen LogP contribution >= 0.6 is 0 Å². The van der Waals surface area contributed by atoms with Crippen molar-refractivity contribution in [2.45, 2.75) is 52.0 Å². The maximum absolute atomic E-state index is 12.1. The molecule has 1 heterocycles. The zero-order valence-electron chi connectivity index (χ0n) is 17.1. The lowest BCUT2D eigenvalue weighted by atomic mass is 10.0. The maximum atomic E-state index is 12.1. The van der Waals surface area contributed by atoms with Gasteiger partial charge >= 0.3 is 0 Å². The molecule has 1 aromatic rings. The van der Waals surface area contributed by atoms with Crippen LogP contribution < -0.4 is 16.0 Å². The van der Waals surface area contributed by atoms with Gasteiger partial charge in [-0.1, -0.05) is 25.5 Å². The third kappa shape index (κ3) is 7.59. The van der Waals surface area contributed by atoms with Crippen LogP contribution in [0.4, 0.5) is 5.69 Å². The summed E-state index contributed by atoms with van der Waals surface area (Å²) < 4.78 is 0. The maximum Gasteiger partial charge on any atom is 0.243 e. The fourth-order valence-electron chi connectivity index (χ4n) is 3.44. The number of nitrogens with one attached hydrogen (secondary N) is 3. The Labute approximate surface area is 163 Å². The Kier molecular flexibility index (Phi) is 9.11. The van der Waals surface area contributed by atoms with E-state index in [2.05, 4.69) is 45.8 Å². The van der Waals surface area contributed by atoms with Crippen molar-refractivity contribution in [3.63, 3.8) is 0 Å². The first-order chi connectivity index (χ1) is 13.1. The molecule has 6 heteroatoms. The number of hydrogen-bond acceptors (Lipinski definition) is 3. The van der Waals surface area contributed by atoms with Gasteiger partial charge in [0.25, 0.3) is 0 Å². The topological polar surface area (TPSA) is 68.8 Å². The highest BCUT2D eigenvalue weighted by molar-refractivity contribution is 5.95. The number of rotatable bonds is 8. The van der Waals surface area contributed by atoms with Gasteiger partial charge in [0.05, 0.1) is 6.54 Å². The molecule has 1 aliphatic heterocycles. The number of aliphatic imine (C=N–C) groups is 1. The largest absolute Gasteiger partial charge is 0.356 e. The Balaban J connectivity index is 1.65. The van der Waals surface area contributed by atoms with E-state index in [1.807, 2.05) is 18.2 Å². The highest BCUT2D eigenvalue weighted by Gasteiger charge is 2.17. The average Bonchev–Trinajstić information content (AvgIpc) is 2.68. The zero-order valence-corrected chi connectivity index (χ0v) is 17.1.